The molecule has 0 amide bonds. The lowest BCUT2D eigenvalue weighted by atomic mass is 10.2. The van der Waals surface area contributed by atoms with Crippen molar-refractivity contribution < 1.29 is 9.53 Å². The fourth-order valence-electron chi connectivity index (χ4n) is 1.50. The summed E-state index contributed by atoms with van der Waals surface area (Å²) in [6.07, 6.45) is 0.719. The molecule has 1 unspecified atom stereocenters. The number of benzene rings is 1. The second-order valence-electron chi connectivity index (χ2n) is 3.69. The number of hydrogen-bond acceptors (Lipinski definition) is 4. The molecule has 0 saturated heterocycles. The predicted molar refractivity (Wildman–Crippen MR) is 78.5 cm³/mol. The topological polar surface area (TPSA) is 38.3 Å². The molecular weight excluding hydrogens is 270 g/mol. The van der Waals surface area contributed by atoms with Gasteiger partial charge in [0, 0.05) is 0 Å². The second kappa shape index (κ2) is 8.27. The number of thioether (sulfide) groups is 1. The highest BCUT2D eigenvalue weighted by Crippen LogP contribution is 2.22. The summed E-state index contributed by atoms with van der Waals surface area (Å²) in [5, 5.41) is 3.74. The number of para-hydroxylation sites is 1. The fraction of sp³-hybridized carbons (Fsp3) is 0.462. The van der Waals surface area contributed by atoms with Crippen molar-refractivity contribution in [1.82, 2.24) is 0 Å². The van der Waals surface area contributed by atoms with Crippen molar-refractivity contribution >= 4 is 35.0 Å². The van der Waals surface area contributed by atoms with E-state index >= 15 is 0 Å². The second-order valence-corrected chi connectivity index (χ2v) is 5.49. The number of anilines is 1. The molecule has 3 nitrogen and oxygen atoms in total. The number of esters is 1. The van der Waals surface area contributed by atoms with Gasteiger partial charge in [0.1, 0.15) is 6.04 Å². The van der Waals surface area contributed by atoms with Crippen molar-refractivity contribution in [2.24, 2.45) is 0 Å². The number of rotatable bonds is 7. The molecule has 1 rings (SSSR count). The number of nitrogens with one attached hydrogen (secondary N) is 1. The zero-order valence-electron chi connectivity index (χ0n) is 10.6. The van der Waals surface area contributed by atoms with Gasteiger partial charge in [-0.3, -0.25) is 0 Å². The smallest absolute Gasteiger partial charge is 0.328 e. The molecule has 1 atom stereocenters. The third-order valence-electron chi connectivity index (χ3n) is 2.44. The number of ether oxygens (including phenoxy) is 1. The third kappa shape index (κ3) is 4.78. The van der Waals surface area contributed by atoms with Crippen molar-refractivity contribution in [2.75, 3.05) is 23.9 Å². The summed E-state index contributed by atoms with van der Waals surface area (Å²) in [4.78, 5) is 11.7. The van der Waals surface area contributed by atoms with Gasteiger partial charge < -0.3 is 10.1 Å². The first kappa shape index (κ1) is 15.2. The summed E-state index contributed by atoms with van der Waals surface area (Å²) >= 11 is 7.86. The molecule has 0 aliphatic rings. The Labute approximate surface area is 117 Å². The highest BCUT2D eigenvalue weighted by molar-refractivity contribution is 7.99. The maximum atomic E-state index is 11.7. The van der Waals surface area contributed by atoms with E-state index in [4.69, 9.17) is 16.3 Å². The molecule has 0 saturated carbocycles. The zero-order valence-corrected chi connectivity index (χ0v) is 12.2. The quantitative estimate of drug-likeness (QED) is 0.616. The Morgan fingerprint density at radius 2 is 2.22 bits per heavy atom. The number of methoxy groups -OCH3 is 1. The van der Waals surface area contributed by atoms with Crippen LogP contribution in [0, 0.1) is 0 Å². The van der Waals surface area contributed by atoms with Crippen LogP contribution in [0.15, 0.2) is 24.3 Å². The summed E-state index contributed by atoms with van der Waals surface area (Å²) in [5.41, 5.74) is 0.760. The lowest BCUT2D eigenvalue weighted by Gasteiger charge is -2.18. The Kier molecular flexibility index (Phi) is 6.98. The van der Waals surface area contributed by atoms with E-state index < -0.39 is 0 Å². The molecule has 0 aromatic heterocycles. The van der Waals surface area contributed by atoms with Crippen LogP contribution >= 0.6 is 23.4 Å². The first-order valence-electron chi connectivity index (χ1n) is 5.85. The monoisotopic (exact) mass is 287 g/mol. The van der Waals surface area contributed by atoms with Crippen LogP contribution in [0.1, 0.15) is 13.3 Å². The molecule has 0 radical (unpaired) electrons. The summed E-state index contributed by atoms with van der Waals surface area (Å²) < 4.78 is 4.80. The SMILES string of the molecule is CCSCCC(Nc1ccccc1Cl)C(=O)OC. The van der Waals surface area contributed by atoms with E-state index in [1.807, 2.05) is 18.2 Å². The van der Waals surface area contributed by atoms with Crippen LogP contribution in [0.5, 0.6) is 0 Å². The fourth-order valence-corrected chi connectivity index (χ4v) is 2.38. The molecule has 0 fully saturated rings. The third-order valence-corrected chi connectivity index (χ3v) is 3.71. The number of carbonyl (C=O) groups is 1. The molecule has 5 heteroatoms. The van der Waals surface area contributed by atoms with Crippen molar-refractivity contribution in [3.63, 3.8) is 0 Å². The lowest BCUT2D eigenvalue weighted by Crippen LogP contribution is -2.31. The molecule has 0 aliphatic heterocycles. The maximum absolute atomic E-state index is 11.7. The van der Waals surface area contributed by atoms with E-state index in [2.05, 4.69) is 12.2 Å². The summed E-state index contributed by atoms with van der Waals surface area (Å²) in [5.74, 6) is 1.69. The minimum Gasteiger partial charge on any atom is -0.467 e. The first-order chi connectivity index (χ1) is 8.69. The molecule has 0 aliphatic carbocycles. The highest BCUT2D eigenvalue weighted by atomic mass is 35.5. The Hall–Kier alpha value is -0.870. The van der Waals surface area contributed by atoms with E-state index in [0.29, 0.717) is 5.02 Å². The van der Waals surface area contributed by atoms with Crippen LogP contribution in [0.2, 0.25) is 5.02 Å². The molecule has 1 N–H and O–H groups in total. The Morgan fingerprint density at radius 1 is 1.50 bits per heavy atom. The average molecular weight is 288 g/mol. The molecule has 100 valence electrons. The first-order valence-corrected chi connectivity index (χ1v) is 7.39. The molecule has 1 aromatic carbocycles. The maximum Gasteiger partial charge on any atom is 0.328 e. The molecule has 18 heavy (non-hydrogen) atoms. The zero-order chi connectivity index (χ0) is 13.4. The van der Waals surface area contributed by atoms with E-state index in [-0.39, 0.29) is 12.0 Å². The van der Waals surface area contributed by atoms with E-state index in [9.17, 15) is 4.79 Å². The minimum atomic E-state index is -0.353. The van der Waals surface area contributed by atoms with Crippen LogP contribution in [-0.2, 0) is 9.53 Å². The van der Waals surface area contributed by atoms with Crippen molar-refractivity contribution in [3.8, 4) is 0 Å². The van der Waals surface area contributed by atoms with Crippen molar-refractivity contribution in [3.05, 3.63) is 29.3 Å². The largest absolute Gasteiger partial charge is 0.467 e. The van der Waals surface area contributed by atoms with Gasteiger partial charge in [0.15, 0.2) is 0 Å². The molecule has 0 bridgehead atoms. The summed E-state index contributed by atoms with van der Waals surface area (Å²) in [6.45, 7) is 2.10. The van der Waals surface area contributed by atoms with Gasteiger partial charge >= 0.3 is 5.97 Å². The Morgan fingerprint density at radius 3 is 2.83 bits per heavy atom. The Bertz CT molecular complexity index is 387. The van der Waals surface area contributed by atoms with Gasteiger partial charge in [-0.25, -0.2) is 4.79 Å². The van der Waals surface area contributed by atoms with Gasteiger partial charge in [-0.2, -0.15) is 11.8 Å². The standard InChI is InChI=1S/C13H18ClNO2S/c1-3-18-9-8-12(13(16)17-2)15-11-7-5-4-6-10(11)14/h4-7,12,15H,3,8-9H2,1-2H3. The van der Waals surface area contributed by atoms with Crippen LogP contribution in [0.3, 0.4) is 0 Å². The molecular formula is C13H18ClNO2S. The van der Waals surface area contributed by atoms with Gasteiger partial charge in [0.05, 0.1) is 17.8 Å². The van der Waals surface area contributed by atoms with Gasteiger partial charge in [-0.1, -0.05) is 30.7 Å². The van der Waals surface area contributed by atoms with Crippen LogP contribution in [0.25, 0.3) is 0 Å². The Balaban J connectivity index is 2.66. The molecule has 0 heterocycles. The highest BCUT2D eigenvalue weighted by Gasteiger charge is 2.19. The van der Waals surface area contributed by atoms with E-state index in [0.717, 1.165) is 23.6 Å². The van der Waals surface area contributed by atoms with Gasteiger partial charge in [0.25, 0.3) is 0 Å². The van der Waals surface area contributed by atoms with E-state index in [1.54, 1.807) is 17.8 Å². The van der Waals surface area contributed by atoms with Gasteiger partial charge in [-0.15, -0.1) is 0 Å². The van der Waals surface area contributed by atoms with Crippen LogP contribution in [0.4, 0.5) is 5.69 Å². The minimum absolute atomic E-state index is 0.258. The summed E-state index contributed by atoms with van der Waals surface area (Å²) in [6, 6.07) is 7.02. The normalized spacial score (nSPS) is 11.9. The van der Waals surface area contributed by atoms with Crippen LogP contribution in [-0.4, -0.2) is 30.6 Å². The van der Waals surface area contributed by atoms with Gasteiger partial charge in [-0.05, 0) is 30.1 Å². The van der Waals surface area contributed by atoms with Gasteiger partial charge in [0.2, 0.25) is 0 Å². The van der Waals surface area contributed by atoms with Crippen LogP contribution < -0.4 is 5.32 Å². The number of carbonyl (C=O) groups excluding carboxylic acids is 1. The summed E-state index contributed by atoms with van der Waals surface area (Å²) in [7, 11) is 1.40. The lowest BCUT2D eigenvalue weighted by molar-refractivity contribution is -0.141. The molecule has 0 spiro atoms. The predicted octanol–water partition coefficient (Wildman–Crippen LogP) is 3.44. The van der Waals surface area contributed by atoms with E-state index in [1.165, 1.54) is 7.11 Å². The number of hydrogen-bond donors (Lipinski definition) is 1. The number of halogens is 1. The van der Waals surface area contributed by atoms with Crippen molar-refractivity contribution in [1.29, 1.82) is 0 Å². The average Bonchev–Trinajstić information content (AvgIpc) is 2.39. The molecule has 1 aromatic rings. The van der Waals surface area contributed by atoms with Crippen molar-refractivity contribution in [2.45, 2.75) is 19.4 Å².